The molecule has 0 saturated heterocycles. The van der Waals surface area contributed by atoms with Crippen molar-refractivity contribution in [1.29, 1.82) is 0 Å². The number of aryl methyl sites for hydroxylation is 1. The molecule has 1 aromatic carbocycles. The molecule has 1 amide bonds. The molecule has 2 aromatic rings. The Balaban J connectivity index is 1.80. The molecule has 0 saturated carbocycles. The van der Waals surface area contributed by atoms with Gasteiger partial charge < -0.3 is 10.4 Å². The number of thioether (sulfide) groups is 1. The number of amides is 1. The normalized spacial score (nSPS) is 10.4. The number of nitrogens with zero attached hydrogens (tertiary/aromatic N) is 2. The number of aromatic nitrogens is 3. The minimum atomic E-state index is -0.137. The predicted molar refractivity (Wildman–Crippen MR) is 77.8 cm³/mol. The number of nitrogens with one attached hydrogen (secondary N) is 2. The minimum absolute atomic E-state index is 0.137. The summed E-state index contributed by atoms with van der Waals surface area (Å²) in [6.07, 6.45) is 1.86. The molecule has 1 heterocycles. The summed E-state index contributed by atoms with van der Waals surface area (Å²) in [5, 5.41) is 19.3. The van der Waals surface area contributed by atoms with Crippen molar-refractivity contribution in [3.8, 4) is 5.75 Å². The number of hydrogen-bond donors (Lipinski definition) is 3. The first-order valence-corrected chi connectivity index (χ1v) is 7.29. The largest absolute Gasteiger partial charge is 0.508 e. The highest BCUT2D eigenvalue weighted by Crippen LogP contribution is 2.16. The Labute approximate surface area is 121 Å². The van der Waals surface area contributed by atoms with Crippen LogP contribution >= 0.6 is 11.8 Å². The van der Waals surface area contributed by atoms with E-state index in [9.17, 15) is 4.79 Å². The average Bonchev–Trinajstić information content (AvgIpc) is 2.87. The monoisotopic (exact) mass is 292 g/mol. The first-order valence-electron chi connectivity index (χ1n) is 6.30. The number of rotatable bonds is 6. The molecule has 20 heavy (non-hydrogen) atoms. The summed E-state index contributed by atoms with van der Waals surface area (Å²) in [7, 11) is 0. The number of hydrogen-bond acceptors (Lipinski definition) is 5. The summed E-state index contributed by atoms with van der Waals surface area (Å²) in [4.78, 5) is 16.0. The number of H-pyrrole nitrogens is 1. The van der Waals surface area contributed by atoms with Crippen molar-refractivity contribution in [2.75, 3.05) is 11.1 Å². The van der Waals surface area contributed by atoms with Crippen LogP contribution in [0.25, 0.3) is 0 Å². The summed E-state index contributed by atoms with van der Waals surface area (Å²) in [5.74, 6) is 1.11. The smallest absolute Gasteiger partial charge is 0.234 e. The van der Waals surface area contributed by atoms with E-state index in [0.717, 1.165) is 18.7 Å². The summed E-state index contributed by atoms with van der Waals surface area (Å²) in [6, 6.07) is 6.33. The highest BCUT2D eigenvalue weighted by molar-refractivity contribution is 7.99. The molecule has 0 radical (unpaired) electrons. The molecular formula is C13H16N4O2S. The topological polar surface area (TPSA) is 90.9 Å². The molecule has 3 N–H and O–H groups in total. The maximum absolute atomic E-state index is 11.7. The molecule has 0 unspecified atom stereocenters. The van der Waals surface area contributed by atoms with E-state index < -0.39 is 0 Å². The lowest BCUT2D eigenvalue weighted by Gasteiger charge is -2.03. The van der Waals surface area contributed by atoms with Gasteiger partial charge in [0, 0.05) is 12.1 Å². The van der Waals surface area contributed by atoms with Gasteiger partial charge in [-0.1, -0.05) is 18.7 Å². The molecule has 6 nitrogen and oxygen atoms in total. The van der Waals surface area contributed by atoms with Crippen LogP contribution in [-0.2, 0) is 11.2 Å². The van der Waals surface area contributed by atoms with Crippen molar-refractivity contribution in [3.63, 3.8) is 0 Å². The Bertz CT molecular complexity index is 568. The zero-order valence-electron chi connectivity index (χ0n) is 11.1. The van der Waals surface area contributed by atoms with Crippen LogP contribution in [0.5, 0.6) is 5.75 Å². The second kappa shape index (κ2) is 6.95. The van der Waals surface area contributed by atoms with Crippen molar-refractivity contribution in [1.82, 2.24) is 15.2 Å². The lowest BCUT2D eigenvalue weighted by atomic mass is 10.3. The van der Waals surface area contributed by atoms with Crippen LogP contribution in [0.1, 0.15) is 19.2 Å². The van der Waals surface area contributed by atoms with Gasteiger partial charge in [-0.05, 0) is 30.7 Å². The van der Waals surface area contributed by atoms with E-state index in [0.29, 0.717) is 10.8 Å². The second-order valence-corrected chi connectivity index (χ2v) is 5.14. The molecule has 2 rings (SSSR count). The first-order chi connectivity index (χ1) is 9.67. The van der Waals surface area contributed by atoms with E-state index in [-0.39, 0.29) is 17.4 Å². The number of aromatic hydroxyl groups is 1. The lowest BCUT2D eigenvalue weighted by Crippen LogP contribution is -2.13. The van der Waals surface area contributed by atoms with Gasteiger partial charge in [-0.25, -0.2) is 4.98 Å². The Morgan fingerprint density at radius 2 is 2.15 bits per heavy atom. The van der Waals surface area contributed by atoms with Gasteiger partial charge in [0.15, 0.2) is 0 Å². The predicted octanol–water partition coefficient (Wildman–Crippen LogP) is 2.19. The number of phenolic OH excluding ortho intramolecular Hbond substituents is 1. The SMILES string of the molecule is CCCc1nc(SCC(=O)Nc2ccc(O)cc2)n[nH]1. The highest BCUT2D eigenvalue weighted by Gasteiger charge is 2.07. The number of carbonyl (C=O) groups is 1. The van der Waals surface area contributed by atoms with E-state index in [1.54, 1.807) is 12.1 Å². The third kappa shape index (κ3) is 4.27. The van der Waals surface area contributed by atoms with Crippen LogP contribution < -0.4 is 5.32 Å². The quantitative estimate of drug-likeness (QED) is 0.561. The van der Waals surface area contributed by atoms with E-state index >= 15 is 0 Å². The molecule has 106 valence electrons. The third-order valence-corrected chi connectivity index (χ3v) is 3.33. The van der Waals surface area contributed by atoms with Crippen LogP contribution in [0.15, 0.2) is 29.4 Å². The molecule has 1 aromatic heterocycles. The van der Waals surface area contributed by atoms with Gasteiger partial charge in [0.25, 0.3) is 0 Å². The Morgan fingerprint density at radius 1 is 1.40 bits per heavy atom. The van der Waals surface area contributed by atoms with Crippen LogP contribution in [0.4, 0.5) is 5.69 Å². The molecule has 0 aliphatic rings. The fourth-order valence-electron chi connectivity index (χ4n) is 1.56. The second-order valence-electron chi connectivity index (χ2n) is 4.20. The first kappa shape index (κ1) is 14.4. The summed E-state index contributed by atoms with van der Waals surface area (Å²) >= 11 is 1.28. The van der Waals surface area contributed by atoms with Gasteiger partial charge in [0.1, 0.15) is 11.6 Å². The Hall–Kier alpha value is -2.02. The lowest BCUT2D eigenvalue weighted by molar-refractivity contribution is -0.113. The average molecular weight is 292 g/mol. The number of aromatic amines is 1. The molecule has 0 aliphatic carbocycles. The highest BCUT2D eigenvalue weighted by atomic mass is 32.2. The molecule has 0 bridgehead atoms. The standard InChI is InChI=1S/C13H16N4O2S/c1-2-3-11-15-13(17-16-11)20-8-12(19)14-9-4-6-10(18)7-5-9/h4-7,18H,2-3,8H2,1H3,(H,14,19)(H,15,16,17). The van der Waals surface area contributed by atoms with Crippen molar-refractivity contribution < 1.29 is 9.90 Å². The summed E-state index contributed by atoms with van der Waals surface area (Å²) < 4.78 is 0. The molecule has 0 fully saturated rings. The number of benzene rings is 1. The molecule has 0 spiro atoms. The number of phenols is 1. The minimum Gasteiger partial charge on any atom is -0.508 e. The van der Waals surface area contributed by atoms with Crippen molar-refractivity contribution >= 4 is 23.4 Å². The van der Waals surface area contributed by atoms with Crippen molar-refractivity contribution in [2.24, 2.45) is 0 Å². The molecule has 7 heteroatoms. The summed E-state index contributed by atoms with van der Waals surface area (Å²) in [5.41, 5.74) is 0.648. The van der Waals surface area contributed by atoms with Gasteiger partial charge in [-0.3, -0.25) is 9.89 Å². The van der Waals surface area contributed by atoms with Gasteiger partial charge in [0.05, 0.1) is 5.75 Å². The van der Waals surface area contributed by atoms with E-state index in [1.807, 2.05) is 0 Å². The van der Waals surface area contributed by atoms with E-state index in [2.05, 4.69) is 27.4 Å². The zero-order chi connectivity index (χ0) is 14.4. The van der Waals surface area contributed by atoms with Gasteiger partial charge in [-0.15, -0.1) is 5.10 Å². The molecular weight excluding hydrogens is 276 g/mol. The molecule has 0 aliphatic heterocycles. The number of anilines is 1. The Morgan fingerprint density at radius 3 is 2.85 bits per heavy atom. The van der Waals surface area contributed by atoms with E-state index in [1.165, 1.54) is 23.9 Å². The van der Waals surface area contributed by atoms with Crippen molar-refractivity contribution in [2.45, 2.75) is 24.9 Å². The Kier molecular flexibility index (Phi) is 5.00. The van der Waals surface area contributed by atoms with Crippen LogP contribution in [0, 0.1) is 0 Å². The fraction of sp³-hybridized carbons (Fsp3) is 0.308. The zero-order valence-corrected chi connectivity index (χ0v) is 11.9. The maximum Gasteiger partial charge on any atom is 0.234 e. The number of carbonyl (C=O) groups excluding carboxylic acids is 1. The van der Waals surface area contributed by atoms with Crippen molar-refractivity contribution in [3.05, 3.63) is 30.1 Å². The van der Waals surface area contributed by atoms with Crippen LogP contribution in [-0.4, -0.2) is 31.9 Å². The van der Waals surface area contributed by atoms with Gasteiger partial charge in [0.2, 0.25) is 11.1 Å². The fourth-order valence-corrected chi connectivity index (χ4v) is 2.18. The van der Waals surface area contributed by atoms with Gasteiger partial charge in [-0.2, -0.15) is 0 Å². The third-order valence-electron chi connectivity index (χ3n) is 2.48. The summed E-state index contributed by atoms with van der Waals surface area (Å²) in [6.45, 7) is 2.07. The molecule has 0 atom stereocenters. The van der Waals surface area contributed by atoms with E-state index in [4.69, 9.17) is 5.11 Å². The van der Waals surface area contributed by atoms with Crippen LogP contribution in [0.2, 0.25) is 0 Å². The van der Waals surface area contributed by atoms with Crippen LogP contribution in [0.3, 0.4) is 0 Å². The van der Waals surface area contributed by atoms with Gasteiger partial charge >= 0.3 is 0 Å². The maximum atomic E-state index is 11.7.